The number of fused-ring (bicyclic) bond motifs is 3. The number of ether oxygens (including phenoxy) is 1. The predicted molar refractivity (Wildman–Crippen MR) is 100 cm³/mol. The standard InChI is InChI=1S/C21H21FN2O2/c1-2-26-16-7-5-15(6-8-16)23-21(25)13-3-9-19-17(11-13)18-12-14(22)4-10-20(18)24-19/h4-8,10,12-13,24H,2-3,9,11H2,1H3,(H,23,25). The van der Waals surface area contributed by atoms with E-state index in [1.54, 1.807) is 12.1 Å². The van der Waals surface area contributed by atoms with Crippen molar-refractivity contribution in [1.82, 2.24) is 4.98 Å². The van der Waals surface area contributed by atoms with Crippen LogP contribution < -0.4 is 10.1 Å². The highest BCUT2D eigenvalue weighted by molar-refractivity contribution is 5.94. The predicted octanol–water partition coefficient (Wildman–Crippen LogP) is 4.45. The van der Waals surface area contributed by atoms with Gasteiger partial charge in [0.25, 0.3) is 0 Å². The third-order valence-electron chi connectivity index (χ3n) is 4.95. The molecular formula is C21H21FN2O2. The van der Waals surface area contributed by atoms with Crippen molar-refractivity contribution in [1.29, 1.82) is 0 Å². The van der Waals surface area contributed by atoms with Gasteiger partial charge in [0.2, 0.25) is 5.91 Å². The molecule has 4 nitrogen and oxygen atoms in total. The number of benzene rings is 2. The highest BCUT2D eigenvalue weighted by Crippen LogP contribution is 2.32. The molecule has 4 rings (SSSR count). The van der Waals surface area contributed by atoms with E-state index in [1.165, 1.54) is 6.07 Å². The number of anilines is 1. The minimum absolute atomic E-state index is 0.00515. The molecule has 1 aliphatic carbocycles. The average molecular weight is 352 g/mol. The molecule has 134 valence electrons. The zero-order chi connectivity index (χ0) is 18.1. The van der Waals surface area contributed by atoms with Crippen molar-refractivity contribution in [3.63, 3.8) is 0 Å². The van der Waals surface area contributed by atoms with Crippen LogP contribution in [0.4, 0.5) is 10.1 Å². The first-order valence-electron chi connectivity index (χ1n) is 8.96. The van der Waals surface area contributed by atoms with Gasteiger partial charge < -0.3 is 15.0 Å². The first kappa shape index (κ1) is 16.6. The maximum absolute atomic E-state index is 13.6. The molecular weight excluding hydrogens is 331 g/mol. The van der Waals surface area contributed by atoms with E-state index in [1.807, 2.05) is 31.2 Å². The van der Waals surface area contributed by atoms with Gasteiger partial charge in [0, 0.05) is 28.2 Å². The maximum Gasteiger partial charge on any atom is 0.227 e. The summed E-state index contributed by atoms with van der Waals surface area (Å²) in [6.45, 7) is 2.55. The second-order valence-electron chi connectivity index (χ2n) is 6.66. The van der Waals surface area contributed by atoms with Crippen LogP contribution in [0, 0.1) is 11.7 Å². The van der Waals surface area contributed by atoms with Gasteiger partial charge in [0.1, 0.15) is 11.6 Å². The molecule has 0 bridgehead atoms. The summed E-state index contributed by atoms with van der Waals surface area (Å²) in [5, 5.41) is 3.87. The summed E-state index contributed by atoms with van der Waals surface area (Å²) in [7, 11) is 0. The van der Waals surface area contributed by atoms with Crippen LogP contribution >= 0.6 is 0 Å². The Bertz CT molecular complexity index is 947. The summed E-state index contributed by atoms with van der Waals surface area (Å²) in [6, 6.07) is 12.2. The number of hydrogen-bond donors (Lipinski definition) is 2. The van der Waals surface area contributed by atoms with Crippen LogP contribution in [0.1, 0.15) is 24.6 Å². The smallest absolute Gasteiger partial charge is 0.227 e. The Morgan fingerprint density at radius 1 is 1.27 bits per heavy atom. The van der Waals surface area contributed by atoms with Gasteiger partial charge >= 0.3 is 0 Å². The lowest BCUT2D eigenvalue weighted by Crippen LogP contribution is -2.28. The fraction of sp³-hybridized carbons (Fsp3) is 0.286. The average Bonchev–Trinajstić information content (AvgIpc) is 3.00. The molecule has 2 N–H and O–H groups in total. The van der Waals surface area contributed by atoms with Crippen LogP contribution in [0.2, 0.25) is 0 Å². The molecule has 1 aromatic heterocycles. The fourth-order valence-corrected chi connectivity index (χ4v) is 3.66. The van der Waals surface area contributed by atoms with Crippen molar-refractivity contribution >= 4 is 22.5 Å². The maximum atomic E-state index is 13.6. The third kappa shape index (κ3) is 3.17. The quantitative estimate of drug-likeness (QED) is 0.729. The number of H-pyrrole nitrogens is 1. The number of carbonyl (C=O) groups excluding carboxylic acids is 1. The number of aromatic amines is 1. The number of hydrogen-bond acceptors (Lipinski definition) is 2. The molecule has 0 saturated carbocycles. The molecule has 1 unspecified atom stereocenters. The van der Waals surface area contributed by atoms with Crippen molar-refractivity contribution in [3.8, 4) is 5.75 Å². The molecule has 1 amide bonds. The van der Waals surface area contributed by atoms with Crippen LogP contribution in [-0.2, 0) is 17.6 Å². The lowest BCUT2D eigenvalue weighted by atomic mass is 9.85. The van der Waals surface area contributed by atoms with Gasteiger partial charge in [-0.25, -0.2) is 4.39 Å². The van der Waals surface area contributed by atoms with Gasteiger partial charge in [-0.15, -0.1) is 0 Å². The largest absolute Gasteiger partial charge is 0.494 e. The Labute approximate surface area is 151 Å². The van der Waals surface area contributed by atoms with Crippen molar-refractivity contribution in [3.05, 3.63) is 59.5 Å². The number of rotatable bonds is 4. The molecule has 0 spiro atoms. The second kappa shape index (κ2) is 6.83. The summed E-state index contributed by atoms with van der Waals surface area (Å²) in [6.07, 6.45) is 2.21. The number of aryl methyl sites for hydroxylation is 1. The molecule has 0 radical (unpaired) electrons. The van der Waals surface area contributed by atoms with Crippen LogP contribution in [0.15, 0.2) is 42.5 Å². The van der Waals surface area contributed by atoms with Crippen LogP contribution in [0.25, 0.3) is 10.9 Å². The summed E-state index contributed by atoms with van der Waals surface area (Å²) in [5.41, 5.74) is 3.88. The topological polar surface area (TPSA) is 54.1 Å². The number of nitrogens with one attached hydrogen (secondary N) is 2. The van der Waals surface area contributed by atoms with Gasteiger partial charge in [-0.3, -0.25) is 4.79 Å². The Morgan fingerprint density at radius 3 is 2.85 bits per heavy atom. The number of amides is 1. The number of aromatic nitrogens is 1. The van der Waals surface area contributed by atoms with Crippen LogP contribution in [0.3, 0.4) is 0 Å². The zero-order valence-corrected chi connectivity index (χ0v) is 14.6. The Hall–Kier alpha value is -2.82. The minimum atomic E-state index is -0.250. The first-order chi connectivity index (χ1) is 12.6. The molecule has 5 heteroatoms. The molecule has 2 aromatic carbocycles. The van der Waals surface area contributed by atoms with E-state index in [-0.39, 0.29) is 17.6 Å². The lowest BCUT2D eigenvalue weighted by Gasteiger charge is -2.22. The molecule has 26 heavy (non-hydrogen) atoms. The van der Waals surface area contributed by atoms with Crippen LogP contribution in [0.5, 0.6) is 5.75 Å². The Balaban J connectivity index is 1.50. The third-order valence-corrected chi connectivity index (χ3v) is 4.95. The molecule has 1 atom stereocenters. The highest BCUT2D eigenvalue weighted by Gasteiger charge is 2.27. The number of halogens is 1. The Kier molecular flexibility index (Phi) is 4.37. The normalized spacial score (nSPS) is 16.3. The van der Waals surface area contributed by atoms with Gasteiger partial charge in [-0.2, -0.15) is 0 Å². The molecule has 0 fully saturated rings. The van der Waals surface area contributed by atoms with E-state index in [0.717, 1.165) is 46.4 Å². The van der Waals surface area contributed by atoms with E-state index in [9.17, 15) is 9.18 Å². The van der Waals surface area contributed by atoms with Crippen LogP contribution in [-0.4, -0.2) is 17.5 Å². The van der Waals surface area contributed by atoms with E-state index in [4.69, 9.17) is 4.74 Å². The molecule has 1 aliphatic rings. The van der Waals surface area contributed by atoms with Gasteiger partial charge in [0.15, 0.2) is 0 Å². The first-order valence-corrected chi connectivity index (χ1v) is 8.96. The lowest BCUT2D eigenvalue weighted by molar-refractivity contribution is -0.120. The van der Waals surface area contributed by atoms with Crippen molar-refractivity contribution in [2.24, 2.45) is 5.92 Å². The van der Waals surface area contributed by atoms with Crippen molar-refractivity contribution in [2.45, 2.75) is 26.2 Å². The van der Waals surface area contributed by atoms with Crippen molar-refractivity contribution in [2.75, 3.05) is 11.9 Å². The monoisotopic (exact) mass is 352 g/mol. The zero-order valence-electron chi connectivity index (χ0n) is 14.6. The second-order valence-corrected chi connectivity index (χ2v) is 6.66. The fourth-order valence-electron chi connectivity index (χ4n) is 3.66. The summed E-state index contributed by atoms with van der Waals surface area (Å²) in [5.74, 6) is 0.427. The van der Waals surface area contributed by atoms with E-state index in [0.29, 0.717) is 13.0 Å². The van der Waals surface area contributed by atoms with Crippen molar-refractivity contribution < 1.29 is 13.9 Å². The Morgan fingerprint density at radius 2 is 2.08 bits per heavy atom. The van der Waals surface area contributed by atoms with Gasteiger partial charge in [-0.1, -0.05) is 0 Å². The molecule has 1 heterocycles. The van der Waals surface area contributed by atoms with E-state index in [2.05, 4.69) is 10.3 Å². The summed E-state index contributed by atoms with van der Waals surface area (Å²) >= 11 is 0. The summed E-state index contributed by atoms with van der Waals surface area (Å²) in [4.78, 5) is 16.0. The van der Waals surface area contributed by atoms with Gasteiger partial charge in [-0.05, 0) is 74.2 Å². The van der Waals surface area contributed by atoms with E-state index < -0.39 is 0 Å². The molecule has 3 aromatic rings. The molecule has 0 saturated heterocycles. The highest BCUT2D eigenvalue weighted by atomic mass is 19.1. The van der Waals surface area contributed by atoms with Gasteiger partial charge in [0.05, 0.1) is 6.61 Å². The molecule has 0 aliphatic heterocycles. The number of carbonyl (C=O) groups is 1. The summed E-state index contributed by atoms with van der Waals surface area (Å²) < 4.78 is 19.0. The van der Waals surface area contributed by atoms with E-state index >= 15 is 0 Å². The minimum Gasteiger partial charge on any atom is -0.494 e. The SMILES string of the molecule is CCOc1ccc(NC(=O)C2CCc3[nH]c4ccc(F)cc4c3C2)cc1.